The molecule has 1 rings (SSSR count). The van der Waals surface area contributed by atoms with E-state index in [1.807, 2.05) is 67.5 Å². The molecule has 14 atom stereocenters. The minimum absolute atomic E-state index is 0.0213. The number of carbonyl (C=O) groups excluding carboxylic acids is 11. The maximum Gasteiger partial charge on any atom is 0.256 e. The van der Waals surface area contributed by atoms with E-state index in [2.05, 4.69) is 11.9 Å². The zero-order valence-electron chi connectivity index (χ0n) is 61.9. The van der Waals surface area contributed by atoms with Crippen LogP contribution in [0.2, 0.25) is 0 Å². The Kier molecular flexibility index (Phi) is 35.5. The van der Waals surface area contributed by atoms with Gasteiger partial charge in [0.15, 0.2) is 16.9 Å². The molecule has 0 saturated carbocycles. The van der Waals surface area contributed by atoms with Crippen molar-refractivity contribution in [3.8, 4) is 0 Å². The molecule has 1 saturated heterocycles. The summed E-state index contributed by atoms with van der Waals surface area (Å²) in [7, 11) is 14.0. The minimum Gasteiger partial charge on any atom is -0.390 e. The van der Waals surface area contributed by atoms with Gasteiger partial charge in [-0.1, -0.05) is 110 Å². The number of ketones is 3. The van der Waals surface area contributed by atoms with E-state index in [-0.39, 0.29) is 80.7 Å². The van der Waals surface area contributed by atoms with Crippen LogP contribution in [0.25, 0.3) is 0 Å². The van der Waals surface area contributed by atoms with Crippen LogP contribution in [-0.2, 0) is 52.7 Å². The average Bonchev–Trinajstić information content (AvgIpc) is 0.817. The molecule has 0 aromatic heterocycles. The van der Waals surface area contributed by atoms with Crippen LogP contribution in [-0.4, -0.2) is 249 Å². The summed E-state index contributed by atoms with van der Waals surface area (Å²) in [5.41, 5.74) is -1.53. The van der Waals surface area contributed by atoms with Crippen LogP contribution in [0.15, 0.2) is 12.7 Å². The highest BCUT2D eigenvalue weighted by molar-refractivity contribution is 8.00. The summed E-state index contributed by atoms with van der Waals surface area (Å²) in [5, 5.41) is 23.8. The number of nitrogens with zero attached hydrogens (tertiary/aromatic N) is 8. The van der Waals surface area contributed by atoms with Crippen molar-refractivity contribution < 1.29 is 63.0 Å². The molecule has 0 radical (unpaired) electrons. The molecule has 93 heavy (non-hydrogen) atoms. The molecule has 3 N–H and O–H groups in total. The van der Waals surface area contributed by atoms with E-state index in [0.29, 0.717) is 12.3 Å². The van der Waals surface area contributed by atoms with Gasteiger partial charge in [0.1, 0.15) is 36.0 Å². The number of aliphatic hydroxyl groups is 2. The van der Waals surface area contributed by atoms with E-state index >= 15 is 33.6 Å². The summed E-state index contributed by atoms with van der Waals surface area (Å²) in [4.78, 5) is 176. The van der Waals surface area contributed by atoms with Crippen LogP contribution in [0.5, 0.6) is 0 Å². The van der Waals surface area contributed by atoms with Crippen LogP contribution in [0.3, 0.4) is 0 Å². The number of hydrogen-bond donors (Lipinski definition) is 3. The smallest absolute Gasteiger partial charge is 0.256 e. The number of likely N-dealkylation sites (N-methyl/N-ethyl adjacent to an activating group) is 7. The fourth-order valence-corrected chi connectivity index (χ4v) is 13.7. The first kappa shape index (κ1) is 85.8. The minimum atomic E-state index is -1.53. The summed E-state index contributed by atoms with van der Waals surface area (Å²) >= 11 is 1.14. The Morgan fingerprint density at radius 1 is 0.559 bits per heavy atom. The molecule has 8 amide bonds. The first-order valence-electron chi connectivity index (χ1n) is 33.8. The van der Waals surface area contributed by atoms with Crippen LogP contribution in [0, 0.1) is 59.2 Å². The Morgan fingerprint density at radius 2 is 1.00 bits per heavy atom. The number of aliphatic hydroxyl groups excluding tert-OH is 1. The summed E-state index contributed by atoms with van der Waals surface area (Å²) in [6.45, 7) is 34.1. The first-order valence-corrected chi connectivity index (χ1v) is 34.8. The van der Waals surface area contributed by atoms with Gasteiger partial charge in [-0.2, -0.15) is 0 Å². The summed E-state index contributed by atoms with van der Waals surface area (Å²) in [6, 6.07) is -8.38. The molecular formula is C70H125N9O13S. The largest absolute Gasteiger partial charge is 0.390 e. The Labute approximate surface area is 563 Å². The fourth-order valence-electron chi connectivity index (χ4n) is 12.4. The highest BCUT2D eigenvalue weighted by Gasteiger charge is 2.47. The number of Topliss-reactive ketones (excluding diaryl/α,β-unsaturated/α-hetero) is 3. The topological polar surface area (TPSA) is 266 Å². The van der Waals surface area contributed by atoms with E-state index in [9.17, 15) is 29.4 Å². The SMILES string of the molecule is C=CC(O)C[C@@H](C)[C@@H](C)[C@H]1C(=O)N[C@@H](CC)C(=O)N(C)[C@H](SCCN(C)C)C(=O)N(C)[C@@H](CC(C)(C)O)C(=O)C[C@@H](C(C)C)C(=O)N(C)[C@@H](CC(C)C)C(=O)C[C@@H](C)C(=O)C[C@H](C)C(=O)N(C)[C@@H](CC(C)C)C(=O)N(C)[C@@H](CC(C)C)C(=O)N(C)[C@@H](C(C)C)C(=O)N1C. The van der Waals surface area contributed by atoms with E-state index in [1.165, 1.54) is 104 Å². The highest BCUT2D eigenvalue weighted by atomic mass is 32.2. The highest BCUT2D eigenvalue weighted by Crippen LogP contribution is 2.32. The maximum absolute atomic E-state index is 15.5. The first-order chi connectivity index (χ1) is 42.7. The second kappa shape index (κ2) is 38.5. The van der Waals surface area contributed by atoms with Crippen molar-refractivity contribution in [3.63, 3.8) is 0 Å². The lowest BCUT2D eigenvalue weighted by molar-refractivity contribution is -0.156. The lowest BCUT2D eigenvalue weighted by Crippen LogP contribution is -2.62. The van der Waals surface area contributed by atoms with Crippen molar-refractivity contribution >= 4 is 76.4 Å². The third-order valence-corrected chi connectivity index (χ3v) is 19.8. The molecule has 22 nitrogen and oxygen atoms in total. The van der Waals surface area contributed by atoms with Crippen LogP contribution in [0.1, 0.15) is 175 Å². The molecule has 1 heterocycles. The van der Waals surface area contributed by atoms with Gasteiger partial charge in [-0.25, -0.2) is 0 Å². The van der Waals surface area contributed by atoms with Gasteiger partial charge in [0.25, 0.3) is 5.91 Å². The van der Waals surface area contributed by atoms with Gasteiger partial charge in [0, 0.05) is 105 Å². The Morgan fingerprint density at radius 3 is 1.45 bits per heavy atom. The van der Waals surface area contributed by atoms with Crippen LogP contribution < -0.4 is 5.32 Å². The van der Waals surface area contributed by atoms with Crippen molar-refractivity contribution in [1.29, 1.82) is 0 Å². The molecule has 0 aromatic rings. The lowest BCUT2D eigenvalue weighted by Gasteiger charge is -2.42. The number of nitrogens with one attached hydrogen (secondary N) is 1. The van der Waals surface area contributed by atoms with Crippen molar-refractivity contribution in [2.45, 2.75) is 235 Å². The Balaban J connectivity index is 4.58. The predicted octanol–water partition coefficient (Wildman–Crippen LogP) is 6.52. The van der Waals surface area contributed by atoms with Gasteiger partial charge in [-0.05, 0) is 101 Å². The van der Waals surface area contributed by atoms with Crippen molar-refractivity contribution in [3.05, 3.63) is 12.7 Å². The number of amides is 8. The van der Waals surface area contributed by atoms with Crippen molar-refractivity contribution in [2.24, 2.45) is 59.2 Å². The normalized spacial score (nSPS) is 27.1. The van der Waals surface area contributed by atoms with E-state index in [1.54, 1.807) is 55.4 Å². The monoisotopic (exact) mass is 1330 g/mol. The molecule has 1 unspecified atom stereocenters. The Hall–Kier alpha value is -5.26. The predicted molar refractivity (Wildman–Crippen MR) is 368 cm³/mol. The standard InChI is InChI=1S/C70H125N9O13S/c1-28-49(80)35-45(13)48(16)60-61(84)71-51(29-2)64(87)79(27)69(93-31-30-72(19)20)68(91)76(24)55(39-70(17,18)92)58(83)38-50(43(9)10)63(86)73(21)52(32-40(3)4)57(82)36-46(14)56(81)37-47(15)62(85)74(22)53(33-41(5)6)65(88)75(23)54(34-42(7)8)66(89)77(25)59(44(11)12)67(90)78(60)26/h28,40-55,59-60,69,80,92H,1,29-39H2,2-27H3,(H,71,84)/t45-,46-,47+,48-,49?,50+,51+,52+,53+,54+,55+,59+,60+,69-/m1/s1. The quantitative estimate of drug-likeness (QED) is 0.110. The lowest BCUT2D eigenvalue weighted by atomic mass is 9.83. The van der Waals surface area contributed by atoms with Gasteiger partial charge in [0.05, 0.1) is 23.8 Å². The van der Waals surface area contributed by atoms with Gasteiger partial charge in [-0.3, -0.25) is 52.7 Å². The number of rotatable bonds is 20. The maximum atomic E-state index is 15.5. The molecule has 0 aromatic carbocycles. The second-order valence-corrected chi connectivity index (χ2v) is 31.0. The van der Waals surface area contributed by atoms with Gasteiger partial charge >= 0.3 is 0 Å². The molecule has 1 aliphatic heterocycles. The van der Waals surface area contributed by atoms with Gasteiger partial charge in [-0.15, -0.1) is 18.3 Å². The summed E-state index contributed by atoms with van der Waals surface area (Å²) < 4.78 is 0. The fraction of sp³-hybridized carbons (Fsp3) is 0.814. The van der Waals surface area contributed by atoms with E-state index in [0.717, 1.165) is 11.8 Å². The van der Waals surface area contributed by atoms with Crippen molar-refractivity contribution in [2.75, 3.05) is 75.7 Å². The third-order valence-electron chi connectivity index (χ3n) is 18.6. The number of hydrogen-bond acceptors (Lipinski definition) is 15. The average molecular weight is 1330 g/mol. The second-order valence-electron chi connectivity index (χ2n) is 29.8. The molecule has 534 valence electrons. The summed E-state index contributed by atoms with van der Waals surface area (Å²) in [5.74, 6) is -11.2. The van der Waals surface area contributed by atoms with Crippen molar-refractivity contribution in [1.82, 2.24) is 44.5 Å². The molecule has 0 bridgehead atoms. The molecule has 1 aliphatic rings. The zero-order chi connectivity index (χ0) is 72.3. The molecule has 0 aliphatic carbocycles. The molecule has 23 heteroatoms. The number of thioether (sulfide) groups is 1. The van der Waals surface area contributed by atoms with E-state index in [4.69, 9.17) is 0 Å². The van der Waals surface area contributed by atoms with Crippen LogP contribution >= 0.6 is 11.8 Å². The van der Waals surface area contributed by atoms with Crippen LogP contribution in [0.4, 0.5) is 0 Å². The zero-order valence-corrected chi connectivity index (χ0v) is 62.7. The summed E-state index contributed by atoms with van der Waals surface area (Å²) in [6.07, 6.45) is -0.0154. The molecule has 0 spiro atoms. The number of carbonyl (C=O) groups is 11. The van der Waals surface area contributed by atoms with E-state index < -0.39 is 160 Å². The van der Waals surface area contributed by atoms with Gasteiger partial charge < -0.3 is 54.7 Å². The molecule has 1 fully saturated rings. The Bertz CT molecular complexity index is 2540. The third kappa shape index (κ3) is 25.0. The molecular weight excluding hydrogens is 1210 g/mol. The van der Waals surface area contributed by atoms with Gasteiger partial charge in [0.2, 0.25) is 41.4 Å².